The molecule has 0 unspecified atom stereocenters. The fourth-order valence-electron chi connectivity index (χ4n) is 2.87. The van der Waals surface area contributed by atoms with Gasteiger partial charge in [0.15, 0.2) is 0 Å². The third-order valence-electron chi connectivity index (χ3n) is 4.46. The van der Waals surface area contributed by atoms with Crippen LogP contribution in [-0.2, 0) is 14.8 Å². The van der Waals surface area contributed by atoms with E-state index < -0.39 is 62.6 Å². The standard InChI is InChI=1S/C14H15F3N2O6S/c1-7-3-9(19(22)23)4-12(8(7)2)26(24,25)18-5-10(13(20)21)11(6-18)14(15,16)17/h3-4,10-11H,5-6H2,1-2H3,(H,20,21)/t10-,11-/m1/s1. The minimum absolute atomic E-state index is 0.151. The van der Waals surface area contributed by atoms with Crippen molar-refractivity contribution in [2.24, 2.45) is 11.8 Å². The third-order valence-corrected chi connectivity index (χ3v) is 6.41. The second-order valence-corrected chi connectivity index (χ2v) is 7.96. The van der Waals surface area contributed by atoms with Crippen LogP contribution in [-0.4, -0.2) is 48.0 Å². The maximum absolute atomic E-state index is 13.1. The summed E-state index contributed by atoms with van der Waals surface area (Å²) < 4.78 is 65.2. The Morgan fingerprint density at radius 3 is 2.31 bits per heavy atom. The van der Waals surface area contributed by atoms with Crippen LogP contribution in [0.15, 0.2) is 17.0 Å². The van der Waals surface area contributed by atoms with E-state index in [4.69, 9.17) is 5.11 Å². The number of nitro benzene ring substituents is 1. The van der Waals surface area contributed by atoms with Crippen molar-refractivity contribution in [1.82, 2.24) is 4.31 Å². The molecule has 1 aliphatic heterocycles. The van der Waals surface area contributed by atoms with Gasteiger partial charge in [0.25, 0.3) is 5.69 Å². The number of carboxylic acids is 1. The number of carbonyl (C=O) groups is 1. The van der Waals surface area contributed by atoms with Crippen molar-refractivity contribution in [2.75, 3.05) is 13.1 Å². The number of non-ortho nitro benzene ring substituents is 1. The molecule has 0 aromatic heterocycles. The molecule has 0 amide bonds. The molecule has 1 aromatic rings. The van der Waals surface area contributed by atoms with Crippen LogP contribution >= 0.6 is 0 Å². The van der Waals surface area contributed by atoms with Gasteiger partial charge in [-0.1, -0.05) is 0 Å². The van der Waals surface area contributed by atoms with Crippen LogP contribution in [0.2, 0.25) is 0 Å². The molecule has 2 atom stereocenters. The molecule has 1 N–H and O–H groups in total. The quantitative estimate of drug-likeness (QED) is 0.615. The number of sulfonamides is 1. The van der Waals surface area contributed by atoms with E-state index in [2.05, 4.69) is 0 Å². The molecule has 0 aliphatic carbocycles. The summed E-state index contributed by atoms with van der Waals surface area (Å²) in [5.74, 6) is -6.04. The van der Waals surface area contributed by atoms with E-state index in [1.54, 1.807) is 0 Å². The highest BCUT2D eigenvalue weighted by Crippen LogP contribution is 2.40. The largest absolute Gasteiger partial charge is 0.481 e. The maximum atomic E-state index is 13.1. The summed E-state index contributed by atoms with van der Waals surface area (Å²) in [7, 11) is -4.54. The average Bonchev–Trinajstić information content (AvgIpc) is 2.95. The number of hydrogen-bond donors (Lipinski definition) is 1. The highest BCUT2D eigenvalue weighted by Gasteiger charge is 2.55. The van der Waals surface area contributed by atoms with Gasteiger partial charge in [0.2, 0.25) is 10.0 Å². The first-order valence-electron chi connectivity index (χ1n) is 7.32. The normalized spacial score (nSPS) is 21.7. The molecule has 0 bridgehead atoms. The van der Waals surface area contributed by atoms with Gasteiger partial charge in [-0.3, -0.25) is 14.9 Å². The predicted molar refractivity (Wildman–Crippen MR) is 82.0 cm³/mol. The van der Waals surface area contributed by atoms with Gasteiger partial charge < -0.3 is 5.11 Å². The van der Waals surface area contributed by atoms with Crippen LogP contribution in [0, 0.1) is 35.8 Å². The third kappa shape index (κ3) is 3.51. The van der Waals surface area contributed by atoms with Crippen molar-refractivity contribution in [3.8, 4) is 0 Å². The number of benzene rings is 1. The molecule has 0 saturated carbocycles. The number of aryl methyl sites for hydroxylation is 1. The van der Waals surface area contributed by atoms with E-state index in [0.29, 0.717) is 4.31 Å². The lowest BCUT2D eigenvalue weighted by Gasteiger charge is -2.19. The van der Waals surface area contributed by atoms with Crippen molar-refractivity contribution in [3.63, 3.8) is 0 Å². The van der Waals surface area contributed by atoms with Crippen LogP contribution in [0.3, 0.4) is 0 Å². The van der Waals surface area contributed by atoms with E-state index in [9.17, 15) is 36.5 Å². The van der Waals surface area contributed by atoms with Crippen molar-refractivity contribution < 1.29 is 36.4 Å². The van der Waals surface area contributed by atoms with Crippen molar-refractivity contribution in [3.05, 3.63) is 33.4 Å². The van der Waals surface area contributed by atoms with Crippen LogP contribution in [0.4, 0.5) is 18.9 Å². The molecule has 8 nitrogen and oxygen atoms in total. The first-order chi connectivity index (χ1) is 11.8. The first kappa shape index (κ1) is 20.1. The predicted octanol–water partition coefficient (Wildman–Crippen LogP) is 2.10. The molecule has 2 rings (SSSR count). The molecule has 144 valence electrons. The molecule has 0 radical (unpaired) electrons. The van der Waals surface area contributed by atoms with Crippen LogP contribution in [0.5, 0.6) is 0 Å². The fourth-order valence-corrected chi connectivity index (χ4v) is 4.68. The van der Waals surface area contributed by atoms with Crippen molar-refractivity contribution in [1.29, 1.82) is 0 Å². The van der Waals surface area contributed by atoms with Gasteiger partial charge >= 0.3 is 12.1 Å². The summed E-state index contributed by atoms with van der Waals surface area (Å²) >= 11 is 0. The number of alkyl halides is 3. The number of nitrogens with zero attached hydrogens (tertiary/aromatic N) is 2. The lowest BCUT2D eigenvalue weighted by Crippen LogP contribution is -2.34. The molecule has 26 heavy (non-hydrogen) atoms. The van der Waals surface area contributed by atoms with Crippen LogP contribution in [0.25, 0.3) is 0 Å². The molecular weight excluding hydrogens is 381 g/mol. The zero-order chi connectivity index (χ0) is 20.0. The topological polar surface area (TPSA) is 118 Å². The van der Waals surface area contributed by atoms with Gasteiger partial charge in [-0.2, -0.15) is 17.5 Å². The fraction of sp³-hybridized carbons (Fsp3) is 0.500. The number of halogens is 3. The van der Waals surface area contributed by atoms with E-state index in [-0.39, 0.29) is 11.1 Å². The Morgan fingerprint density at radius 1 is 1.31 bits per heavy atom. The SMILES string of the molecule is Cc1cc([N+](=O)[O-])cc(S(=O)(=O)N2C[C@@H](C(F)(F)F)[C@H](C(=O)O)C2)c1C. The molecule has 1 fully saturated rings. The average molecular weight is 396 g/mol. The number of hydrogen-bond acceptors (Lipinski definition) is 5. The lowest BCUT2D eigenvalue weighted by molar-refractivity contribution is -0.385. The zero-order valence-electron chi connectivity index (χ0n) is 13.6. The van der Waals surface area contributed by atoms with E-state index in [1.165, 1.54) is 13.8 Å². The molecule has 12 heteroatoms. The van der Waals surface area contributed by atoms with Crippen molar-refractivity contribution in [2.45, 2.75) is 24.9 Å². The summed E-state index contributed by atoms with van der Waals surface area (Å²) in [6, 6.07) is 1.92. The molecular formula is C14H15F3N2O6S. The van der Waals surface area contributed by atoms with E-state index in [1.807, 2.05) is 0 Å². The molecule has 0 spiro atoms. The van der Waals surface area contributed by atoms with Gasteiger partial charge in [0.05, 0.1) is 21.7 Å². The van der Waals surface area contributed by atoms with Crippen LogP contribution in [0.1, 0.15) is 11.1 Å². The summed E-state index contributed by atoms with van der Waals surface area (Å²) in [5.41, 5.74) is -0.0925. The van der Waals surface area contributed by atoms with Gasteiger partial charge in [-0.25, -0.2) is 8.42 Å². The smallest absolute Gasteiger partial charge is 0.393 e. The second-order valence-electron chi connectivity index (χ2n) is 6.06. The number of carboxylic acid groups (broad SMARTS) is 1. The van der Waals surface area contributed by atoms with Gasteiger partial charge in [-0.05, 0) is 25.0 Å². The Kier molecular flexibility index (Phi) is 5.03. The Labute approximate surface area is 146 Å². The van der Waals surface area contributed by atoms with Gasteiger partial charge in [0, 0.05) is 25.2 Å². The second kappa shape index (κ2) is 6.50. The number of nitro groups is 1. The summed E-state index contributed by atoms with van der Waals surface area (Å²) in [6.45, 7) is 0.898. The first-order valence-corrected chi connectivity index (χ1v) is 8.76. The van der Waals surface area contributed by atoms with E-state index in [0.717, 1.165) is 12.1 Å². The summed E-state index contributed by atoms with van der Waals surface area (Å²) in [4.78, 5) is 20.8. The molecule has 1 aliphatic rings. The summed E-state index contributed by atoms with van der Waals surface area (Å²) in [5, 5.41) is 20.0. The molecule has 1 saturated heterocycles. The Morgan fingerprint density at radius 2 is 1.88 bits per heavy atom. The number of aliphatic carboxylic acids is 1. The Bertz CT molecular complexity index is 868. The van der Waals surface area contributed by atoms with Crippen molar-refractivity contribution >= 4 is 21.7 Å². The highest BCUT2D eigenvalue weighted by molar-refractivity contribution is 7.89. The van der Waals surface area contributed by atoms with E-state index >= 15 is 0 Å². The molecule has 1 heterocycles. The van der Waals surface area contributed by atoms with Gasteiger partial charge in [0.1, 0.15) is 0 Å². The molecule has 1 aromatic carbocycles. The van der Waals surface area contributed by atoms with Gasteiger partial charge in [-0.15, -0.1) is 0 Å². The lowest BCUT2D eigenvalue weighted by atomic mass is 9.96. The van der Waals surface area contributed by atoms with Crippen LogP contribution < -0.4 is 0 Å². The number of rotatable bonds is 4. The minimum Gasteiger partial charge on any atom is -0.481 e. The monoisotopic (exact) mass is 396 g/mol. The Balaban J connectivity index is 2.52. The zero-order valence-corrected chi connectivity index (χ0v) is 14.5. The summed E-state index contributed by atoms with van der Waals surface area (Å²) in [6.07, 6.45) is -4.89. The minimum atomic E-state index is -4.89. The Hall–Kier alpha value is -2.21. The highest BCUT2D eigenvalue weighted by atomic mass is 32.2. The maximum Gasteiger partial charge on any atom is 0.393 e.